The molecule has 0 radical (unpaired) electrons. The first-order valence-corrected chi connectivity index (χ1v) is 8.24. The van der Waals surface area contributed by atoms with Gasteiger partial charge in [-0.05, 0) is 54.4 Å². The molecular formula is C20H22N2O4. The van der Waals surface area contributed by atoms with Crippen molar-refractivity contribution in [3.63, 3.8) is 0 Å². The molecule has 0 spiro atoms. The number of benzene rings is 2. The SMILES string of the molecule is COc1ccc(/C=N/N2C(=O)[C@](C)(OC)[C@@H]2c2ccc(OC)cc2)cc1. The van der Waals surface area contributed by atoms with Crippen LogP contribution in [0.3, 0.4) is 0 Å². The molecule has 2 aromatic rings. The maximum Gasteiger partial charge on any atom is 0.277 e. The number of methoxy groups -OCH3 is 3. The average molecular weight is 354 g/mol. The minimum Gasteiger partial charge on any atom is -0.497 e. The van der Waals surface area contributed by atoms with Crippen LogP contribution in [0, 0.1) is 0 Å². The van der Waals surface area contributed by atoms with Crippen molar-refractivity contribution in [2.24, 2.45) is 5.10 Å². The highest BCUT2D eigenvalue weighted by molar-refractivity contribution is 5.94. The Hall–Kier alpha value is -2.86. The predicted molar refractivity (Wildman–Crippen MR) is 98.6 cm³/mol. The first kappa shape index (κ1) is 17.9. The summed E-state index contributed by atoms with van der Waals surface area (Å²) in [5.41, 5.74) is 0.867. The van der Waals surface area contributed by atoms with Crippen LogP contribution in [0.25, 0.3) is 0 Å². The number of nitrogens with zero attached hydrogens (tertiary/aromatic N) is 2. The minimum absolute atomic E-state index is 0.175. The molecular weight excluding hydrogens is 332 g/mol. The quantitative estimate of drug-likeness (QED) is 0.591. The van der Waals surface area contributed by atoms with Crippen molar-refractivity contribution < 1.29 is 19.0 Å². The van der Waals surface area contributed by atoms with Crippen LogP contribution in [0.15, 0.2) is 53.6 Å². The third kappa shape index (κ3) is 3.04. The van der Waals surface area contributed by atoms with Crippen molar-refractivity contribution in [3.8, 4) is 11.5 Å². The molecule has 6 nitrogen and oxygen atoms in total. The third-order valence-electron chi connectivity index (χ3n) is 4.70. The van der Waals surface area contributed by atoms with Crippen molar-refractivity contribution in [3.05, 3.63) is 59.7 Å². The summed E-state index contributed by atoms with van der Waals surface area (Å²) in [6.45, 7) is 1.78. The minimum atomic E-state index is -0.939. The van der Waals surface area contributed by atoms with Gasteiger partial charge >= 0.3 is 0 Å². The number of hydrogen-bond donors (Lipinski definition) is 0. The molecule has 1 aliphatic heterocycles. The van der Waals surface area contributed by atoms with Gasteiger partial charge in [0, 0.05) is 7.11 Å². The van der Waals surface area contributed by atoms with Crippen LogP contribution < -0.4 is 9.47 Å². The number of carbonyl (C=O) groups is 1. The fourth-order valence-corrected chi connectivity index (χ4v) is 3.01. The number of β-lactam (4-membered cyclic amide) rings is 1. The van der Waals surface area contributed by atoms with Crippen LogP contribution in [-0.2, 0) is 9.53 Å². The fourth-order valence-electron chi connectivity index (χ4n) is 3.01. The Morgan fingerprint density at radius 2 is 1.50 bits per heavy atom. The second-order valence-electron chi connectivity index (χ2n) is 6.15. The number of carbonyl (C=O) groups excluding carboxylic acids is 1. The summed E-state index contributed by atoms with van der Waals surface area (Å²) in [6, 6.07) is 14.7. The van der Waals surface area contributed by atoms with Crippen LogP contribution in [0.1, 0.15) is 24.1 Å². The summed E-state index contributed by atoms with van der Waals surface area (Å²) in [7, 11) is 4.78. The Bertz CT molecular complexity index is 802. The summed E-state index contributed by atoms with van der Waals surface area (Å²) in [6.07, 6.45) is 1.66. The van der Waals surface area contributed by atoms with Crippen LogP contribution in [0.4, 0.5) is 0 Å². The lowest BCUT2D eigenvalue weighted by Crippen LogP contribution is -2.65. The molecule has 136 valence electrons. The molecule has 26 heavy (non-hydrogen) atoms. The third-order valence-corrected chi connectivity index (χ3v) is 4.70. The monoisotopic (exact) mass is 354 g/mol. The zero-order valence-corrected chi connectivity index (χ0v) is 15.3. The van der Waals surface area contributed by atoms with Crippen molar-refractivity contribution in [2.45, 2.75) is 18.6 Å². The topological polar surface area (TPSA) is 60.4 Å². The van der Waals surface area contributed by atoms with Gasteiger partial charge < -0.3 is 14.2 Å². The largest absolute Gasteiger partial charge is 0.497 e. The molecule has 0 aliphatic carbocycles. The highest BCUT2D eigenvalue weighted by Gasteiger charge is 2.59. The maximum absolute atomic E-state index is 12.6. The van der Waals surface area contributed by atoms with E-state index in [4.69, 9.17) is 14.2 Å². The summed E-state index contributed by atoms with van der Waals surface area (Å²) in [4.78, 5) is 12.6. The Morgan fingerprint density at radius 3 is 2.00 bits per heavy atom. The van der Waals surface area contributed by atoms with E-state index in [1.165, 1.54) is 5.01 Å². The molecule has 0 aromatic heterocycles. The van der Waals surface area contributed by atoms with Crippen molar-refractivity contribution in [1.29, 1.82) is 0 Å². The van der Waals surface area contributed by atoms with E-state index in [0.717, 1.165) is 22.6 Å². The van der Waals surface area contributed by atoms with Gasteiger partial charge in [-0.1, -0.05) is 12.1 Å². The van der Waals surface area contributed by atoms with E-state index in [-0.39, 0.29) is 11.9 Å². The highest BCUT2D eigenvalue weighted by atomic mass is 16.5. The van der Waals surface area contributed by atoms with Gasteiger partial charge in [0.15, 0.2) is 5.60 Å². The number of hydrogen-bond acceptors (Lipinski definition) is 5. The van der Waals surface area contributed by atoms with Crippen LogP contribution >= 0.6 is 0 Å². The lowest BCUT2D eigenvalue weighted by Gasteiger charge is -2.50. The maximum atomic E-state index is 12.6. The second-order valence-corrected chi connectivity index (χ2v) is 6.15. The number of hydrazone groups is 1. The van der Waals surface area contributed by atoms with Crippen molar-refractivity contribution >= 4 is 12.1 Å². The summed E-state index contributed by atoms with van der Waals surface area (Å²) in [5.74, 6) is 1.35. The Morgan fingerprint density at radius 1 is 0.962 bits per heavy atom. The van der Waals surface area contributed by atoms with Crippen molar-refractivity contribution in [2.75, 3.05) is 21.3 Å². The van der Waals surface area contributed by atoms with Crippen LogP contribution in [0.2, 0.25) is 0 Å². The molecule has 1 aliphatic rings. The Balaban J connectivity index is 1.86. The Kier molecular flexibility index (Phi) is 4.95. The molecule has 3 rings (SSSR count). The number of rotatable bonds is 6. The molecule has 0 bridgehead atoms. The van der Waals surface area contributed by atoms with Gasteiger partial charge in [0.25, 0.3) is 5.91 Å². The summed E-state index contributed by atoms with van der Waals surface area (Å²) >= 11 is 0. The molecule has 1 amide bonds. The molecule has 0 saturated carbocycles. The molecule has 6 heteroatoms. The van der Waals surface area contributed by atoms with Gasteiger partial charge in [-0.15, -0.1) is 0 Å². The molecule has 2 atom stereocenters. The molecule has 1 heterocycles. The Labute approximate surface area is 153 Å². The molecule has 0 unspecified atom stereocenters. The second kappa shape index (κ2) is 7.17. The van der Waals surface area contributed by atoms with Gasteiger partial charge in [0.1, 0.15) is 17.5 Å². The van der Waals surface area contributed by atoms with E-state index < -0.39 is 5.60 Å². The number of amides is 1. The van der Waals surface area contributed by atoms with E-state index in [9.17, 15) is 4.79 Å². The fraction of sp³-hybridized carbons (Fsp3) is 0.300. The summed E-state index contributed by atoms with van der Waals surface area (Å²) in [5, 5.41) is 5.84. The van der Waals surface area contributed by atoms with Gasteiger partial charge in [0.2, 0.25) is 0 Å². The van der Waals surface area contributed by atoms with Crippen LogP contribution in [-0.4, -0.2) is 44.1 Å². The lowest BCUT2D eigenvalue weighted by atomic mass is 9.81. The van der Waals surface area contributed by atoms with Gasteiger partial charge in [-0.2, -0.15) is 5.10 Å². The van der Waals surface area contributed by atoms with E-state index in [1.807, 2.05) is 48.5 Å². The lowest BCUT2D eigenvalue weighted by molar-refractivity contribution is -0.195. The van der Waals surface area contributed by atoms with Gasteiger partial charge in [-0.25, -0.2) is 5.01 Å². The zero-order valence-electron chi connectivity index (χ0n) is 15.3. The molecule has 0 N–H and O–H groups in total. The van der Waals surface area contributed by atoms with Gasteiger partial charge in [0.05, 0.1) is 20.4 Å². The first-order valence-electron chi connectivity index (χ1n) is 8.24. The zero-order chi connectivity index (χ0) is 18.7. The van der Waals surface area contributed by atoms with E-state index in [2.05, 4.69) is 5.10 Å². The predicted octanol–water partition coefficient (Wildman–Crippen LogP) is 3.03. The molecule has 1 saturated heterocycles. The first-order chi connectivity index (χ1) is 12.5. The normalized spacial score (nSPS) is 22.4. The highest BCUT2D eigenvalue weighted by Crippen LogP contribution is 2.45. The average Bonchev–Trinajstić information content (AvgIpc) is 2.70. The molecule has 1 fully saturated rings. The van der Waals surface area contributed by atoms with Gasteiger partial charge in [-0.3, -0.25) is 4.79 Å². The summed E-state index contributed by atoms with van der Waals surface area (Å²) < 4.78 is 15.9. The molecule has 2 aromatic carbocycles. The number of ether oxygens (including phenoxy) is 3. The standard InChI is InChI=1S/C20H22N2O4/c1-20(26-4)18(15-7-11-17(25-3)12-8-15)22(19(20)23)21-13-14-5-9-16(24-2)10-6-14/h5-13,18H,1-4H3/b21-13+/t18-,20+/m0/s1. The van der Waals surface area contributed by atoms with Crippen LogP contribution in [0.5, 0.6) is 11.5 Å². The van der Waals surface area contributed by atoms with Crippen molar-refractivity contribution in [1.82, 2.24) is 5.01 Å². The smallest absolute Gasteiger partial charge is 0.277 e. The van der Waals surface area contributed by atoms with E-state index >= 15 is 0 Å². The van der Waals surface area contributed by atoms with E-state index in [1.54, 1.807) is 34.5 Å². The van der Waals surface area contributed by atoms with E-state index in [0.29, 0.717) is 0 Å².